The molecule has 0 bridgehead atoms. The molecular formula is C14H24N2O2. The van der Waals surface area contributed by atoms with Crippen LogP contribution in [0.15, 0.2) is 10.6 Å². The number of nitrogens with zero attached hydrogens (tertiary/aromatic N) is 1. The molecule has 1 saturated heterocycles. The first-order chi connectivity index (χ1) is 8.20. The van der Waals surface area contributed by atoms with E-state index in [1.165, 1.54) is 0 Å². The van der Waals surface area contributed by atoms with Crippen molar-refractivity contribution < 1.29 is 9.15 Å². The Kier molecular flexibility index (Phi) is 3.28. The Morgan fingerprint density at radius 1 is 1.39 bits per heavy atom. The lowest BCUT2D eigenvalue weighted by atomic mass is 9.94. The monoisotopic (exact) mass is 252 g/mol. The van der Waals surface area contributed by atoms with E-state index in [9.17, 15) is 0 Å². The number of ether oxygens (including phenoxy) is 1. The second-order valence-corrected chi connectivity index (χ2v) is 6.42. The smallest absolute Gasteiger partial charge is 0.211 e. The van der Waals surface area contributed by atoms with Gasteiger partial charge in [0.1, 0.15) is 5.76 Å². The van der Waals surface area contributed by atoms with Crippen LogP contribution in [0.25, 0.3) is 0 Å². The Morgan fingerprint density at radius 3 is 2.50 bits per heavy atom. The zero-order chi connectivity index (χ0) is 13.6. The van der Waals surface area contributed by atoms with E-state index >= 15 is 0 Å². The highest BCUT2D eigenvalue weighted by Crippen LogP contribution is 2.38. The third-order valence-electron chi connectivity index (χ3n) is 3.53. The summed E-state index contributed by atoms with van der Waals surface area (Å²) in [5.74, 6) is 1.59. The molecule has 2 unspecified atom stereocenters. The molecular weight excluding hydrogens is 228 g/mol. The number of oxazole rings is 1. The SMILES string of the molecule is Cc1cnc(C(C)NC2CC(C)(C)OC2(C)C)o1. The van der Waals surface area contributed by atoms with Gasteiger partial charge in [-0.25, -0.2) is 4.98 Å². The van der Waals surface area contributed by atoms with Gasteiger partial charge in [-0.2, -0.15) is 0 Å². The van der Waals surface area contributed by atoms with Crippen molar-refractivity contribution >= 4 is 0 Å². The van der Waals surface area contributed by atoms with Gasteiger partial charge in [-0.1, -0.05) is 0 Å². The van der Waals surface area contributed by atoms with Gasteiger partial charge in [-0.3, -0.25) is 0 Å². The lowest BCUT2D eigenvalue weighted by molar-refractivity contribution is -0.0705. The first kappa shape index (κ1) is 13.6. The number of hydrogen-bond donors (Lipinski definition) is 1. The van der Waals surface area contributed by atoms with E-state index in [2.05, 4.69) is 44.9 Å². The molecule has 4 heteroatoms. The number of nitrogens with one attached hydrogen (secondary N) is 1. The summed E-state index contributed by atoms with van der Waals surface area (Å²) in [5.41, 5.74) is -0.243. The second-order valence-electron chi connectivity index (χ2n) is 6.42. The van der Waals surface area contributed by atoms with Crippen LogP contribution in [0.5, 0.6) is 0 Å². The van der Waals surface area contributed by atoms with Crippen LogP contribution in [0.2, 0.25) is 0 Å². The van der Waals surface area contributed by atoms with Crippen LogP contribution >= 0.6 is 0 Å². The largest absolute Gasteiger partial charge is 0.444 e. The summed E-state index contributed by atoms with van der Waals surface area (Å²) in [6.07, 6.45) is 2.75. The molecule has 1 aliphatic rings. The summed E-state index contributed by atoms with van der Waals surface area (Å²) in [6.45, 7) is 12.5. The van der Waals surface area contributed by atoms with E-state index in [4.69, 9.17) is 9.15 Å². The molecule has 1 fully saturated rings. The highest BCUT2D eigenvalue weighted by atomic mass is 16.5. The van der Waals surface area contributed by atoms with Gasteiger partial charge in [0.25, 0.3) is 0 Å². The Bertz CT molecular complexity index is 423. The minimum absolute atomic E-state index is 0.0760. The topological polar surface area (TPSA) is 47.3 Å². The third-order valence-corrected chi connectivity index (χ3v) is 3.53. The zero-order valence-electron chi connectivity index (χ0n) is 12.2. The lowest BCUT2D eigenvalue weighted by Crippen LogP contribution is -2.44. The molecule has 1 aromatic rings. The first-order valence-electron chi connectivity index (χ1n) is 6.58. The van der Waals surface area contributed by atoms with Crippen molar-refractivity contribution in [1.29, 1.82) is 0 Å². The van der Waals surface area contributed by atoms with Crippen LogP contribution in [0, 0.1) is 6.92 Å². The van der Waals surface area contributed by atoms with Crippen molar-refractivity contribution in [3.8, 4) is 0 Å². The molecule has 0 saturated carbocycles. The van der Waals surface area contributed by atoms with Crippen molar-refractivity contribution in [3.05, 3.63) is 17.8 Å². The maximum atomic E-state index is 6.08. The Balaban J connectivity index is 2.05. The fourth-order valence-corrected chi connectivity index (χ4v) is 2.77. The van der Waals surface area contributed by atoms with Crippen LogP contribution in [0.4, 0.5) is 0 Å². The Labute approximate surface area is 109 Å². The van der Waals surface area contributed by atoms with Crippen LogP contribution in [0.1, 0.15) is 58.7 Å². The normalized spacial score (nSPS) is 27.3. The fourth-order valence-electron chi connectivity index (χ4n) is 2.77. The van der Waals surface area contributed by atoms with Gasteiger partial charge in [0, 0.05) is 6.04 Å². The van der Waals surface area contributed by atoms with Crippen LogP contribution in [-0.4, -0.2) is 22.2 Å². The van der Waals surface area contributed by atoms with Crippen LogP contribution in [-0.2, 0) is 4.74 Å². The molecule has 0 aromatic carbocycles. The van der Waals surface area contributed by atoms with Gasteiger partial charge in [0.15, 0.2) is 0 Å². The molecule has 2 heterocycles. The average molecular weight is 252 g/mol. The van der Waals surface area contributed by atoms with E-state index in [0.29, 0.717) is 6.04 Å². The predicted molar refractivity (Wildman–Crippen MR) is 70.4 cm³/mol. The molecule has 18 heavy (non-hydrogen) atoms. The summed E-state index contributed by atoms with van der Waals surface area (Å²) in [5, 5.41) is 3.57. The standard InChI is InChI=1S/C14H24N2O2/c1-9-8-15-12(17-9)10(2)16-11-7-13(3,4)18-14(11,5)6/h8,10-11,16H,7H2,1-6H3. The predicted octanol–water partition coefficient (Wildman–Crippen LogP) is 2.98. The van der Waals surface area contributed by atoms with Gasteiger partial charge >= 0.3 is 0 Å². The molecule has 1 aliphatic heterocycles. The molecule has 2 rings (SSSR count). The van der Waals surface area contributed by atoms with Crippen molar-refractivity contribution in [2.75, 3.05) is 0 Å². The summed E-state index contributed by atoms with van der Waals surface area (Å²) in [7, 11) is 0. The number of hydrogen-bond acceptors (Lipinski definition) is 4. The van der Waals surface area contributed by atoms with Crippen LogP contribution < -0.4 is 5.32 Å². The second kappa shape index (κ2) is 4.35. The van der Waals surface area contributed by atoms with Gasteiger partial charge < -0.3 is 14.5 Å². The fraction of sp³-hybridized carbons (Fsp3) is 0.786. The third kappa shape index (κ3) is 2.75. The molecule has 4 nitrogen and oxygen atoms in total. The van der Waals surface area contributed by atoms with Gasteiger partial charge in [-0.05, 0) is 48.0 Å². The van der Waals surface area contributed by atoms with Gasteiger partial charge in [-0.15, -0.1) is 0 Å². The minimum atomic E-state index is -0.167. The van der Waals surface area contributed by atoms with Gasteiger partial charge in [0.05, 0.1) is 23.4 Å². The molecule has 1 aromatic heterocycles. The van der Waals surface area contributed by atoms with E-state index in [1.54, 1.807) is 6.20 Å². The van der Waals surface area contributed by atoms with E-state index in [-0.39, 0.29) is 17.2 Å². The van der Waals surface area contributed by atoms with Gasteiger partial charge in [0.2, 0.25) is 5.89 Å². The molecule has 0 spiro atoms. The van der Waals surface area contributed by atoms with Crippen molar-refractivity contribution in [1.82, 2.24) is 10.3 Å². The summed E-state index contributed by atoms with van der Waals surface area (Å²) in [6, 6.07) is 0.398. The summed E-state index contributed by atoms with van der Waals surface area (Å²) < 4.78 is 11.6. The average Bonchev–Trinajstić information content (AvgIpc) is 2.68. The molecule has 1 N–H and O–H groups in total. The Morgan fingerprint density at radius 2 is 2.06 bits per heavy atom. The lowest BCUT2D eigenvalue weighted by Gasteiger charge is -2.29. The van der Waals surface area contributed by atoms with E-state index in [1.807, 2.05) is 6.92 Å². The zero-order valence-corrected chi connectivity index (χ0v) is 12.2. The summed E-state index contributed by atoms with van der Waals surface area (Å²) >= 11 is 0. The molecule has 0 amide bonds. The first-order valence-corrected chi connectivity index (χ1v) is 6.58. The maximum Gasteiger partial charge on any atom is 0.211 e. The maximum absolute atomic E-state index is 6.08. The highest BCUT2D eigenvalue weighted by molar-refractivity contribution is 5.02. The highest BCUT2D eigenvalue weighted by Gasteiger charge is 2.46. The minimum Gasteiger partial charge on any atom is -0.444 e. The van der Waals surface area contributed by atoms with Crippen molar-refractivity contribution in [2.24, 2.45) is 0 Å². The molecule has 0 aliphatic carbocycles. The Hall–Kier alpha value is -0.870. The number of rotatable bonds is 3. The molecule has 102 valence electrons. The van der Waals surface area contributed by atoms with E-state index in [0.717, 1.165) is 18.1 Å². The number of aromatic nitrogens is 1. The molecule has 2 atom stereocenters. The van der Waals surface area contributed by atoms with Crippen LogP contribution in [0.3, 0.4) is 0 Å². The molecule has 0 radical (unpaired) electrons. The van der Waals surface area contributed by atoms with Crippen molar-refractivity contribution in [2.45, 2.75) is 71.2 Å². The van der Waals surface area contributed by atoms with Crippen molar-refractivity contribution in [3.63, 3.8) is 0 Å². The summed E-state index contributed by atoms with van der Waals surface area (Å²) in [4.78, 5) is 4.27. The van der Waals surface area contributed by atoms with E-state index < -0.39 is 0 Å². The number of aryl methyl sites for hydroxylation is 1. The quantitative estimate of drug-likeness (QED) is 0.898.